The molecule has 1 aliphatic carbocycles. The maximum Gasteiger partial charge on any atom is 0.309 e. The molecule has 0 aromatic heterocycles. The maximum atomic E-state index is 11.2. The number of ether oxygens (including phenoxy) is 1. The molecule has 1 fully saturated rings. The molecule has 1 saturated carbocycles. The van der Waals surface area contributed by atoms with Gasteiger partial charge in [-0.05, 0) is 30.0 Å². The van der Waals surface area contributed by atoms with E-state index in [4.69, 9.17) is 23.2 Å². The Kier molecular flexibility index (Phi) is 2.89. The smallest absolute Gasteiger partial charge is 0.309 e. The normalized spacial score (nSPS) is 23.7. The Balaban J connectivity index is 2.16. The number of esters is 1. The average Bonchev–Trinajstić information content (AvgIpc) is 2.96. The summed E-state index contributed by atoms with van der Waals surface area (Å²) in [5.41, 5.74) is 0.983. The zero-order valence-corrected chi connectivity index (χ0v) is 9.68. The standard InChI is InChI=1S/C11H10Cl2O2/c1-15-11(14)9-5-8(9)7-3-2-6(12)4-10(7)13/h2-4,8-9H,5H2,1H3/t8-,9+/m1/s1. The van der Waals surface area contributed by atoms with Crippen molar-refractivity contribution in [2.45, 2.75) is 12.3 Å². The van der Waals surface area contributed by atoms with Crippen molar-refractivity contribution < 1.29 is 9.53 Å². The summed E-state index contributed by atoms with van der Waals surface area (Å²) in [5, 5.41) is 1.23. The third kappa shape index (κ3) is 2.11. The first-order chi connectivity index (χ1) is 7.13. The molecule has 80 valence electrons. The first-order valence-corrected chi connectivity index (χ1v) is 5.42. The molecular weight excluding hydrogens is 235 g/mol. The molecule has 0 unspecified atom stereocenters. The number of hydrogen-bond acceptors (Lipinski definition) is 2. The van der Waals surface area contributed by atoms with Crippen molar-refractivity contribution in [1.29, 1.82) is 0 Å². The molecular formula is C11H10Cl2O2. The third-order valence-electron chi connectivity index (χ3n) is 2.66. The summed E-state index contributed by atoms with van der Waals surface area (Å²) in [6.07, 6.45) is 0.814. The number of carbonyl (C=O) groups is 1. The number of hydrogen-bond donors (Lipinski definition) is 0. The van der Waals surface area contributed by atoms with Gasteiger partial charge in [-0.2, -0.15) is 0 Å². The fourth-order valence-corrected chi connectivity index (χ4v) is 2.30. The molecule has 0 heterocycles. The summed E-state index contributed by atoms with van der Waals surface area (Å²) in [4.78, 5) is 11.2. The summed E-state index contributed by atoms with van der Waals surface area (Å²) in [7, 11) is 1.40. The van der Waals surface area contributed by atoms with E-state index in [1.54, 1.807) is 12.1 Å². The Morgan fingerprint density at radius 2 is 2.20 bits per heavy atom. The first-order valence-electron chi connectivity index (χ1n) is 4.66. The van der Waals surface area contributed by atoms with Crippen LogP contribution in [-0.4, -0.2) is 13.1 Å². The van der Waals surface area contributed by atoms with Crippen LogP contribution in [0.2, 0.25) is 10.0 Å². The number of rotatable bonds is 2. The minimum atomic E-state index is -0.161. The van der Waals surface area contributed by atoms with Gasteiger partial charge in [-0.1, -0.05) is 29.3 Å². The van der Waals surface area contributed by atoms with Gasteiger partial charge in [-0.25, -0.2) is 0 Å². The molecule has 0 spiro atoms. The van der Waals surface area contributed by atoms with Gasteiger partial charge in [0.25, 0.3) is 0 Å². The summed E-state index contributed by atoms with van der Waals surface area (Å²) in [6, 6.07) is 5.36. The van der Waals surface area contributed by atoms with Crippen molar-refractivity contribution in [1.82, 2.24) is 0 Å². The highest BCUT2D eigenvalue weighted by Crippen LogP contribution is 2.50. The molecule has 0 bridgehead atoms. The van der Waals surface area contributed by atoms with Crippen LogP contribution in [0.25, 0.3) is 0 Å². The highest BCUT2D eigenvalue weighted by Gasteiger charge is 2.45. The van der Waals surface area contributed by atoms with Crippen LogP contribution in [0.1, 0.15) is 17.9 Å². The van der Waals surface area contributed by atoms with E-state index >= 15 is 0 Å². The number of halogens is 2. The lowest BCUT2D eigenvalue weighted by Crippen LogP contribution is -2.03. The molecule has 1 aromatic rings. The maximum absolute atomic E-state index is 11.2. The Morgan fingerprint density at radius 3 is 2.80 bits per heavy atom. The number of methoxy groups -OCH3 is 1. The van der Waals surface area contributed by atoms with Crippen LogP contribution in [0, 0.1) is 5.92 Å². The van der Waals surface area contributed by atoms with Crippen LogP contribution in [0.4, 0.5) is 0 Å². The monoisotopic (exact) mass is 244 g/mol. The molecule has 1 aromatic carbocycles. The van der Waals surface area contributed by atoms with Gasteiger partial charge in [-0.15, -0.1) is 0 Å². The lowest BCUT2D eigenvalue weighted by atomic mass is 10.1. The predicted molar refractivity (Wildman–Crippen MR) is 59.3 cm³/mol. The highest BCUT2D eigenvalue weighted by molar-refractivity contribution is 6.35. The molecule has 0 radical (unpaired) electrons. The van der Waals surface area contributed by atoms with Crippen molar-refractivity contribution in [3.05, 3.63) is 33.8 Å². The Hall–Kier alpha value is -0.730. The van der Waals surface area contributed by atoms with Crippen LogP contribution in [0.3, 0.4) is 0 Å². The topological polar surface area (TPSA) is 26.3 Å². The summed E-state index contributed by atoms with van der Waals surface area (Å²) in [5.74, 6) is 0.00177. The summed E-state index contributed by atoms with van der Waals surface area (Å²) < 4.78 is 4.68. The van der Waals surface area contributed by atoms with E-state index < -0.39 is 0 Å². The molecule has 1 aliphatic rings. The van der Waals surface area contributed by atoms with Gasteiger partial charge in [0.2, 0.25) is 0 Å². The van der Waals surface area contributed by atoms with E-state index in [1.807, 2.05) is 6.07 Å². The molecule has 0 saturated heterocycles. The van der Waals surface area contributed by atoms with Gasteiger partial charge in [0.15, 0.2) is 0 Å². The van der Waals surface area contributed by atoms with E-state index in [2.05, 4.69) is 4.74 Å². The molecule has 2 rings (SSSR count). The van der Waals surface area contributed by atoms with Crippen molar-refractivity contribution in [2.24, 2.45) is 5.92 Å². The minimum absolute atomic E-state index is 0.0336. The Labute approximate surface area is 98.1 Å². The van der Waals surface area contributed by atoms with Gasteiger partial charge in [0.1, 0.15) is 0 Å². The van der Waals surface area contributed by atoms with E-state index in [0.29, 0.717) is 10.0 Å². The van der Waals surface area contributed by atoms with E-state index in [1.165, 1.54) is 7.11 Å². The van der Waals surface area contributed by atoms with Gasteiger partial charge in [-0.3, -0.25) is 4.79 Å². The molecule has 2 atom stereocenters. The minimum Gasteiger partial charge on any atom is -0.469 e. The van der Waals surface area contributed by atoms with Gasteiger partial charge in [0.05, 0.1) is 13.0 Å². The van der Waals surface area contributed by atoms with Crippen molar-refractivity contribution in [2.75, 3.05) is 7.11 Å². The molecule has 0 amide bonds. The Bertz CT molecular complexity index is 404. The van der Waals surface area contributed by atoms with Crippen LogP contribution in [-0.2, 0) is 9.53 Å². The first kappa shape index (κ1) is 10.8. The molecule has 2 nitrogen and oxygen atoms in total. The van der Waals surface area contributed by atoms with Crippen molar-refractivity contribution >= 4 is 29.2 Å². The highest BCUT2D eigenvalue weighted by atomic mass is 35.5. The predicted octanol–water partition coefficient (Wildman–Crippen LogP) is 3.27. The van der Waals surface area contributed by atoms with E-state index in [9.17, 15) is 4.79 Å². The summed E-state index contributed by atoms with van der Waals surface area (Å²) >= 11 is 11.8. The molecule has 4 heteroatoms. The van der Waals surface area contributed by atoms with Gasteiger partial charge in [0, 0.05) is 10.0 Å². The zero-order valence-electron chi connectivity index (χ0n) is 8.17. The molecule has 15 heavy (non-hydrogen) atoms. The van der Waals surface area contributed by atoms with E-state index in [-0.39, 0.29) is 17.8 Å². The van der Waals surface area contributed by atoms with Crippen LogP contribution in [0.5, 0.6) is 0 Å². The fraction of sp³-hybridized carbons (Fsp3) is 0.364. The number of benzene rings is 1. The van der Waals surface area contributed by atoms with Crippen molar-refractivity contribution in [3.63, 3.8) is 0 Å². The second-order valence-electron chi connectivity index (χ2n) is 3.64. The SMILES string of the molecule is COC(=O)[C@H]1C[C@@H]1c1ccc(Cl)cc1Cl. The van der Waals surface area contributed by atoms with E-state index in [0.717, 1.165) is 12.0 Å². The summed E-state index contributed by atoms with van der Waals surface area (Å²) in [6.45, 7) is 0. The fourth-order valence-electron chi connectivity index (χ4n) is 1.75. The second kappa shape index (κ2) is 4.03. The van der Waals surface area contributed by atoms with Gasteiger partial charge >= 0.3 is 5.97 Å². The largest absolute Gasteiger partial charge is 0.469 e. The molecule has 0 aliphatic heterocycles. The third-order valence-corrected chi connectivity index (χ3v) is 3.22. The zero-order chi connectivity index (χ0) is 11.0. The lowest BCUT2D eigenvalue weighted by molar-refractivity contribution is -0.142. The second-order valence-corrected chi connectivity index (χ2v) is 4.48. The number of carbonyl (C=O) groups excluding carboxylic acids is 1. The molecule has 0 N–H and O–H groups in total. The quantitative estimate of drug-likeness (QED) is 0.747. The van der Waals surface area contributed by atoms with Crippen LogP contribution < -0.4 is 0 Å². The average molecular weight is 245 g/mol. The van der Waals surface area contributed by atoms with Crippen molar-refractivity contribution in [3.8, 4) is 0 Å². The van der Waals surface area contributed by atoms with Crippen LogP contribution in [0.15, 0.2) is 18.2 Å². The van der Waals surface area contributed by atoms with Gasteiger partial charge < -0.3 is 4.74 Å². The van der Waals surface area contributed by atoms with Crippen LogP contribution >= 0.6 is 23.2 Å². The lowest BCUT2D eigenvalue weighted by Gasteiger charge is -2.03. The Morgan fingerprint density at radius 1 is 1.47 bits per heavy atom.